The van der Waals surface area contributed by atoms with Gasteiger partial charge in [0.05, 0.1) is 6.10 Å². The average Bonchev–Trinajstić information content (AvgIpc) is 3.08. The van der Waals surface area contributed by atoms with E-state index in [-0.39, 0.29) is 11.5 Å². The Kier molecular flexibility index (Phi) is 6.32. The van der Waals surface area contributed by atoms with Crippen LogP contribution < -0.4 is 0 Å². The van der Waals surface area contributed by atoms with Crippen molar-refractivity contribution in [3.05, 3.63) is 24.3 Å². The Morgan fingerprint density at radius 1 is 1.03 bits per heavy atom. The zero-order valence-electron chi connectivity index (χ0n) is 19.8. The van der Waals surface area contributed by atoms with Crippen LogP contribution in [0.2, 0.25) is 0 Å². The first kappa shape index (κ1) is 22.6. The molecule has 4 aliphatic rings. The van der Waals surface area contributed by atoms with Gasteiger partial charge in [0, 0.05) is 6.61 Å². The lowest BCUT2D eigenvalue weighted by Gasteiger charge is -2.61. The van der Waals surface area contributed by atoms with Gasteiger partial charge in [-0.15, -0.1) is 0 Å². The lowest BCUT2D eigenvalue weighted by molar-refractivity contribution is -0.155. The van der Waals surface area contributed by atoms with Crippen molar-refractivity contribution in [1.82, 2.24) is 0 Å². The highest BCUT2D eigenvalue weighted by atomic mass is 16.3. The van der Waals surface area contributed by atoms with E-state index in [0.29, 0.717) is 23.9 Å². The monoisotopic (exact) mass is 414 g/mol. The molecule has 2 nitrogen and oxygen atoms in total. The predicted molar refractivity (Wildman–Crippen MR) is 125 cm³/mol. The largest absolute Gasteiger partial charge is 0.396 e. The minimum Gasteiger partial charge on any atom is -0.396 e. The molecule has 0 aromatic carbocycles. The number of rotatable bonds is 6. The fraction of sp³-hybridized carbons (Fsp3) is 0.857. The maximum atomic E-state index is 10.6. The molecule has 4 saturated carbocycles. The molecule has 30 heavy (non-hydrogen) atoms. The van der Waals surface area contributed by atoms with Crippen LogP contribution in [-0.4, -0.2) is 22.9 Å². The van der Waals surface area contributed by atoms with Crippen molar-refractivity contribution >= 4 is 0 Å². The smallest absolute Gasteiger partial charge is 0.0543 e. The van der Waals surface area contributed by atoms with Crippen molar-refractivity contribution in [3.63, 3.8) is 0 Å². The first-order valence-corrected chi connectivity index (χ1v) is 12.9. The molecule has 4 fully saturated rings. The SMILES string of the molecule is C=C(C)C(=C)CC[C@@H](C)[C@H]1CC[C@H]2[C@@H]3CCC4C[C@@H](O)CC[C@]4(CO)[C@H]3CC[C@]12C. The predicted octanol–water partition coefficient (Wildman–Crippen LogP) is 6.53. The van der Waals surface area contributed by atoms with Crippen LogP contribution in [0.15, 0.2) is 24.3 Å². The Morgan fingerprint density at radius 2 is 1.80 bits per heavy atom. The number of aliphatic hydroxyl groups is 2. The Morgan fingerprint density at radius 3 is 2.50 bits per heavy atom. The molecule has 0 bridgehead atoms. The van der Waals surface area contributed by atoms with E-state index in [1.165, 1.54) is 50.5 Å². The molecular formula is C28H46O2. The molecule has 0 saturated heterocycles. The maximum Gasteiger partial charge on any atom is 0.0543 e. The van der Waals surface area contributed by atoms with Gasteiger partial charge in [-0.05, 0) is 124 Å². The summed E-state index contributed by atoms with van der Waals surface area (Å²) in [5, 5.41) is 20.9. The molecule has 4 rings (SSSR count). The van der Waals surface area contributed by atoms with Crippen LogP contribution in [0.1, 0.15) is 91.4 Å². The molecule has 0 radical (unpaired) electrons. The van der Waals surface area contributed by atoms with Crippen molar-refractivity contribution in [2.24, 2.45) is 46.3 Å². The van der Waals surface area contributed by atoms with Crippen molar-refractivity contribution in [2.45, 2.75) is 97.5 Å². The number of hydrogen-bond donors (Lipinski definition) is 2. The number of allylic oxidation sites excluding steroid dienone is 2. The van der Waals surface area contributed by atoms with Gasteiger partial charge >= 0.3 is 0 Å². The van der Waals surface area contributed by atoms with Crippen LogP contribution in [0.3, 0.4) is 0 Å². The first-order valence-electron chi connectivity index (χ1n) is 12.9. The van der Waals surface area contributed by atoms with Crippen LogP contribution in [0.4, 0.5) is 0 Å². The Hall–Kier alpha value is -0.600. The van der Waals surface area contributed by atoms with Crippen molar-refractivity contribution in [3.8, 4) is 0 Å². The summed E-state index contributed by atoms with van der Waals surface area (Å²) in [5.41, 5.74) is 2.95. The zero-order chi connectivity index (χ0) is 21.7. The lowest BCUT2D eigenvalue weighted by Crippen LogP contribution is -2.56. The molecule has 0 aromatic rings. The number of hydrogen-bond acceptors (Lipinski definition) is 2. The van der Waals surface area contributed by atoms with Gasteiger partial charge < -0.3 is 10.2 Å². The summed E-state index contributed by atoms with van der Waals surface area (Å²) in [6, 6.07) is 0. The minimum atomic E-state index is -0.134. The number of aliphatic hydroxyl groups excluding tert-OH is 2. The normalized spacial score (nSPS) is 46.4. The maximum absolute atomic E-state index is 10.6. The fourth-order valence-corrected chi connectivity index (χ4v) is 9.13. The van der Waals surface area contributed by atoms with E-state index in [4.69, 9.17) is 0 Å². The van der Waals surface area contributed by atoms with Gasteiger partial charge in [0.1, 0.15) is 0 Å². The molecule has 0 amide bonds. The molecule has 0 aliphatic heterocycles. The molecular weight excluding hydrogens is 368 g/mol. The highest BCUT2D eigenvalue weighted by Gasteiger charge is 2.61. The quantitative estimate of drug-likeness (QED) is 0.485. The Balaban J connectivity index is 1.49. The molecule has 1 unspecified atom stereocenters. The van der Waals surface area contributed by atoms with E-state index in [1.807, 2.05) is 0 Å². The van der Waals surface area contributed by atoms with Gasteiger partial charge in [-0.1, -0.05) is 38.2 Å². The van der Waals surface area contributed by atoms with E-state index >= 15 is 0 Å². The average molecular weight is 415 g/mol. The van der Waals surface area contributed by atoms with E-state index in [9.17, 15) is 10.2 Å². The van der Waals surface area contributed by atoms with Gasteiger partial charge in [0.2, 0.25) is 0 Å². The van der Waals surface area contributed by atoms with Crippen LogP contribution in [0.5, 0.6) is 0 Å². The lowest BCUT2D eigenvalue weighted by atomic mass is 9.44. The Labute approximate surface area is 185 Å². The molecule has 170 valence electrons. The van der Waals surface area contributed by atoms with E-state index in [2.05, 4.69) is 33.9 Å². The third-order valence-corrected chi connectivity index (χ3v) is 10.9. The second-order valence-corrected chi connectivity index (χ2v) is 12.1. The second-order valence-electron chi connectivity index (χ2n) is 12.1. The topological polar surface area (TPSA) is 40.5 Å². The minimum absolute atomic E-state index is 0.104. The number of fused-ring (bicyclic) bond motifs is 5. The highest BCUT2D eigenvalue weighted by Crippen LogP contribution is 2.68. The molecule has 9 atom stereocenters. The second kappa shape index (κ2) is 8.39. The summed E-state index contributed by atoms with van der Waals surface area (Å²) in [6.45, 7) is 15.8. The van der Waals surface area contributed by atoms with Crippen molar-refractivity contribution in [2.75, 3.05) is 6.61 Å². The Bertz CT molecular complexity index is 668. The van der Waals surface area contributed by atoms with Gasteiger partial charge in [-0.2, -0.15) is 0 Å². The third-order valence-electron chi connectivity index (χ3n) is 10.9. The summed E-state index contributed by atoms with van der Waals surface area (Å²) in [5.74, 6) is 4.44. The first-order chi connectivity index (χ1) is 14.2. The van der Waals surface area contributed by atoms with Crippen molar-refractivity contribution in [1.29, 1.82) is 0 Å². The van der Waals surface area contributed by atoms with Gasteiger partial charge in [-0.3, -0.25) is 0 Å². The van der Waals surface area contributed by atoms with E-state index in [1.54, 1.807) is 0 Å². The summed E-state index contributed by atoms with van der Waals surface area (Å²) < 4.78 is 0. The highest BCUT2D eigenvalue weighted by molar-refractivity contribution is 5.22. The van der Waals surface area contributed by atoms with Gasteiger partial charge in [0.15, 0.2) is 0 Å². The third kappa shape index (κ3) is 3.54. The molecule has 2 heteroatoms. The summed E-state index contributed by atoms with van der Waals surface area (Å²) in [4.78, 5) is 0. The van der Waals surface area contributed by atoms with Gasteiger partial charge in [-0.25, -0.2) is 0 Å². The van der Waals surface area contributed by atoms with Crippen molar-refractivity contribution < 1.29 is 10.2 Å². The summed E-state index contributed by atoms with van der Waals surface area (Å²) >= 11 is 0. The van der Waals surface area contributed by atoms with Crippen LogP contribution in [-0.2, 0) is 0 Å². The fourth-order valence-electron chi connectivity index (χ4n) is 9.13. The molecule has 0 spiro atoms. The van der Waals surface area contributed by atoms with Crippen LogP contribution >= 0.6 is 0 Å². The van der Waals surface area contributed by atoms with E-state index < -0.39 is 0 Å². The standard InChI is InChI=1S/C28H46O2/c1-18(2)19(3)6-7-20(4)24-10-11-25-23-9-8-21-16-22(30)12-15-28(21,17-29)26(23)13-14-27(24,25)5/h20-26,29-30H,1,3,6-17H2,2,4-5H3/t20-,21?,22+,23+,24-,25+,26+,27-,28-/m1/s1. The molecule has 2 N–H and O–H groups in total. The van der Waals surface area contributed by atoms with Crippen LogP contribution in [0.25, 0.3) is 0 Å². The summed E-state index contributed by atoms with van der Waals surface area (Å²) in [6.07, 6.45) is 13.0. The molecule has 0 heterocycles. The van der Waals surface area contributed by atoms with E-state index in [0.717, 1.165) is 54.9 Å². The molecule has 4 aliphatic carbocycles. The zero-order valence-corrected chi connectivity index (χ0v) is 19.8. The molecule has 0 aromatic heterocycles. The van der Waals surface area contributed by atoms with Crippen LogP contribution in [0, 0.1) is 46.3 Å². The summed E-state index contributed by atoms with van der Waals surface area (Å²) in [7, 11) is 0. The van der Waals surface area contributed by atoms with Gasteiger partial charge in [0.25, 0.3) is 0 Å².